The second-order valence-electron chi connectivity index (χ2n) is 5.46. The lowest BCUT2D eigenvalue weighted by molar-refractivity contribution is -0.154. The first-order valence-electron chi connectivity index (χ1n) is 7.48. The van der Waals surface area contributed by atoms with Crippen molar-refractivity contribution in [3.05, 3.63) is 64.1 Å². The van der Waals surface area contributed by atoms with Crippen LogP contribution in [-0.4, -0.2) is 18.2 Å². The van der Waals surface area contributed by atoms with Crippen LogP contribution in [0, 0.1) is 0 Å². The summed E-state index contributed by atoms with van der Waals surface area (Å²) in [5.74, 6) is 0.325. The average Bonchev–Trinajstić information content (AvgIpc) is 2.83. The minimum atomic E-state index is -1.13. The third-order valence-electron chi connectivity index (χ3n) is 3.85. The molecule has 23 heavy (non-hydrogen) atoms. The number of ether oxygens (including phenoxy) is 2. The van der Waals surface area contributed by atoms with E-state index in [1.165, 1.54) is 0 Å². The topological polar surface area (TPSA) is 35.5 Å². The van der Waals surface area contributed by atoms with Gasteiger partial charge in [-0.2, -0.15) is 0 Å². The molecule has 0 saturated carbocycles. The fourth-order valence-electron chi connectivity index (χ4n) is 2.67. The Morgan fingerprint density at radius 3 is 2.61 bits per heavy atom. The fourth-order valence-corrected chi connectivity index (χ4v) is 2.94. The lowest BCUT2D eigenvalue weighted by Gasteiger charge is -2.23. The maximum absolute atomic E-state index is 12.5. The molecular formula is C19H17BrO3. The Hall–Kier alpha value is -2.07. The molecule has 1 aliphatic rings. The van der Waals surface area contributed by atoms with Crippen molar-refractivity contribution in [3.63, 3.8) is 0 Å². The third-order valence-corrected chi connectivity index (χ3v) is 4.38. The predicted molar refractivity (Wildman–Crippen MR) is 94.1 cm³/mol. The maximum Gasteiger partial charge on any atom is 0.354 e. The van der Waals surface area contributed by atoms with Crippen molar-refractivity contribution in [1.29, 1.82) is 0 Å². The summed E-state index contributed by atoms with van der Waals surface area (Å²) in [6.45, 7) is 3.87. The van der Waals surface area contributed by atoms with Gasteiger partial charge >= 0.3 is 5.97 Å². The molecule has 1 aliphatic heterocycles. The number of carbonyl (C=O) groups is 1. The van der Waals surface area contributed by atoms with Gasteiger partial charge in [0.2, 0.25) is 5.60 Å². The van der Waals surface area contributed by atoms with Crippen molar-refractivity contribution in [3.8, 4) is 5.75 Å². The standard InChI is InChI=1S/C19H17BrO3/c1-3-22-18(21)19(2)16(12-13-8-10-14(20)11-9-13)15-6-4-5-7-17(15)23-19/h4-12H,3H2,1-2H3/b16-12-/t19-/m0/s1. The van der Waals surface area contributed by atoms with E-state index in [2.05, 4.69) is 15.9 Å². The van der Waals surface area contributed by atoms with Crippen LogP contribution in [-0.2, 0) is 9.53 Å². The Bertz CT molecular complexity index is 764. The smallest absolute Gasteiger partial charge is 0.354 e. The van der Waals surface area contributed by atoms with Crippen LogP contribution in [0.5, 0.6) is 5.75 Å². The highest BCUT2D eigenvalue weighted by molar-refractivity contribution is 9.10. The van der Waals surface area contributed by atoms with E-state index in [0.29, 0.717) is 12.4 Å². The minimum absolute atomic E-state index is 0.319. The first-order valence-corrected chi connectivity index (χ1v) is 8.27. The summed E-state index contributed by atoms with van der Waals surface area (Å²) >= 11 is 3.43. The molecular weight excluding hydrogens is 356 g/mol. The molecule has 0 N–H and O–H groups in total. The molecule has 0 amide bonds. The van der Waals surface area contributed by atoms with Gasteiger partial charge in [0.15, 0.2) is 0 Å². The molecule has 1 heterocycles. The number of esters is 1. The number of hydrogen-bond donors (Lipinski definition) is 0. The van der Waals surface area contributed by atoms with Crippen LogP contribution >= 0.6 is 15.9 Å². The second kappa shape index (κ2) is 6.20. The predicted octanol–water partition coefficient (Wildman–Crippen LogP) is 4.70. The van der Waals surface area contributed by atoms with Crippen LogP contribution in [0.3, 0.4) is 0 Å². The molecule has 0 aromatic heterocycles. The summed E-state index contributed by atoms with van der Waals surface area (Å²) in [5.41, 5.74) is 1.60. The van der Waals surface area contributed by atoms with Crippen LogP contribution in [0.4, 0.5) is 0 Å². The van der Waals surface area contributed by atoms with Gasteiger partial charge in [-0.25, -0.2) is 4.79 Å². The molecule has 0 bridgehead atoms. The average molecular weight is 373 g/mol. The van der Waals surface area contributed by atoms with E-state index >= 15 is 0 Å². The zero-order valence-electron chi connectivity index (χ0n) is 13.0. The van der Waals surface area contributed by atoms with Crippen LogP contribution in [0.15, 0.2) is 53.0 Å². The largest absolute Gasteiger partial charge is 0.470 e. The van der Waals surface area contributed by atoms with Gasteiger partial charge < -0.3 is 9.47 Å². The summed E-state index contributed by atoms with van der Waals surface area (Å²) in [7, 11) is 0. The fraction of sp³-hybridized carbons (Fsp3) is 0.211. The molecule has 118 valence electrons. The van der Waals surface area contributed by atoms with Crippen LogP contribution in [0.2, 0.25) is 0 Å². The van der Waals surface area contributed by atoms with E-state index in [1.807, 2.05) is 54.6 Å². The van der Waals surface area contributed by atoms with Crippen LogP contribution in [0.25, 0.3) is 11.6 Å². The van der Waals surface area contributed by atoms with Crippen molar-refractivity contribution < 1.29 is 14.3 Å². The van der Waals surface area contributed by atoms with Crippen LogP contribution in [0.1, 0.15) is 25.0 Å². The number of hydrogen-bond acceptors (Lipinski definition) is 3. The minimum Gasteiger partial charge on any atom is -0.470 e. The zero-order valence-corrected chi connectivity index (χ0v) is 14.6. The van der Waals surface area contributed by atoms with Crippen molar-refractivity contribution in [2.24, 2.45) is 0 Å². The van der Waals surface area contributed by atoms with Crippen molar-refractivity contribution in [2.75, 3.05) is 6.61 Å². The number of carbonyl (C=O) groups excluding carboxylic acids is 1. The molecule has 2 aromatic rings. The quantitative estimate of drug-likeness (QED) is 0.732. The summed E-state index contributed by atoms with van der Waals surface area (Å²) in [4.78, 5) is 12.5. The molecule has 0 spiro atoms. The molecule has 0 radical (unpaired) electrons. The maximum atomic E-state index is 12.5. The monoisotopic (exact) mass is 372 g/mol. The van der Waals surface area contributed by atoms with Gasteiger partial charge in [0, 0.05) is 15.6 Å². The van der Waals surface area contributed by atoms with Crippen molar-refractivity contribution in [2.45, 2.75) is 19.4 Å². The second-order valence-corrected chi connectivity index (χ2v) is 6.38. The molecule has 0 fully saturated rings. The highest BCUT2D eigenvalue weighted by Crippen LogP contribution is 2.45. The molecule has 0 aliphatic carbocycles. The number of rotatable bonds is 3. The van der Waals surface area contributed by atoms with Crippen molar-refractivity contribution in [1.82, 2.24) is 0 Å². The Morgan fingerprint density at radius 1 is 1.22 bits per heavy atom. The van der Waals surface area contributed by atoms with E-state index in [9.17, 15) is 4.79 Å². The molecule has 0 unspecified atom stereocenters. The van der Waals surface area contributed by atoms with Crippen molar-refractivity contribution >= 4 is 33.5 Å². The van der Waals surface area contributed by atoms with Gasteiger partial charge in [0.1, 0.15) is 5.75 Å². The molecule has 0 saturated heterocycles. The summed E-state index contributed by atoms with van der Waals surface area (Å²) in [5, 5.41) is 0. The van der Waals surface area contributed by atoms with Gasteiger partial charge in [-0.1, -0.05) is 46.3 Å². The lowest BCUT2D eigenvalue weighted by atomic mass is 9.90. The SMILES string of the molecule is CCOC(=O)[C@@]1(C)Oc2ccccc2/C1=C/c1ccc(Br)cc1. The van der Waals surface area contributed by atoms with E-state index in [4.69, 9.17) is 9.47 Å². The molecule has 3 nitrogen and oxygen atoms in total. The Labute approximate surface area is 144 Å². The summed E-state index contributed by atoms with van der Waals surface area (Å²) in [6, 6.07) is 15.6. The summed E-state index contributed by atoms with van der Waals surface area (Å²) in [6.07, 6.45) is 1.98. The van der Waals surface area contributed by atoms with E-state index < -0.39 is 5.60 Å². The number of fused-ring (bicyclic) bond motifs is 1. The molecule has 4 heteroatoms. The van der Waals surface area contributed by atoms with E-state index in [1.54, 1.807) is 13.8 Å². The van der Waals surface area contributed by atoms with Gasteiger partial charge in [0.25, 0.3) is 0 Å². The van der Waals surface area contributed by atoms with Gasteiger partial charge in [-0.3, -0.25) is 0 Å². The normalized spacial score (nSPS) is 20.9. The van der Waals surface area contributed by atoms with Crippen LogP contribution < -0.4 is 4.74 Å². The molecule has 1 atom stereocenters. The zero-order chi connectivity index (χ0) is 16.4. The summed E-state index contributed by atoms with van der Waals surface area (Å²) < 4.78 is 12.2. The highest BCUT2D eigenvalue weighted by atomic mass is 79.9. The van der Waals surface area contributed by atoms with Gasteiger partial charge in [-0.05, 0) is 43.7 Å². The Balaban J connectivity index is 2.11. The molecule has 2 aromatic carbocycles. The van der Waals surface area contributed by atoms with E-state index in [-0.39, 0.29) is 5.97 Å². The number of para-hydroxylation sites is 1. The van der Waals surface area contributed by atoms with E-state index in [0.717, 1.165) is 21.2 Å². The lowest BCUT2D eigenvalue weighted by Crippen LogP contribution is -2.40. The van der Waals surface area contributed by atoms with Gasteiger partial charge in [0.05, 0.1) is 6.61 Å². The Morgan fingerprint density at radius 2 is 1.91 bits per heavy atom. The number of halogens is 1. The first kappa shape index (κ1) is 15.8. The Kier molecular flexibility index (Phi) is 4.26. The first-order chi connectivity index (χ1) is 11.0. The number of benzene rings is 2. The molecule has 3 rings (SSSR count). The third kappa shape index (κ3) is 2.91. The van der Waals surface area contributed by atoms with Gasteiger partial charge in [-0.15, -0.1) is 0 Å². The highest BCUT2D eigenvalue weighted by Gasteiger charge is 2.47.